The molecule has 3 rings (SSSR count). The summed E-state index contributed by atoms with van der Waals surface area (Å²) < 4.78 is 6.02. The van der Waals surface area contributed by atoms with Crippen LogP contribution in [0.4, 0.5) is 4.79 Å². The molecule has 1 aromatic rings. The van der Waals surface area contributed by atoms with Crippen molar-refractivity contribution in [1.29, 1.82) is 0 Å². The van der Waals surface area contributed by atoms with Gasteiger partial charge in [-0.05, 0) is 72.7 Å². The van der Waals surface area contributed by atoms with Gasteiger partial charge in [0.25, 0.3) is 11.1 Å². The molecule has 24 heavy (non-hydrogen) atoms. The van der Waals surface area contributed by atoms with Gasteiger partial charge in [-0.1, -0.05) is 25.8 Å². The van der Waals surface area contributed by atoms with Gasteiger partial charge < -0.3 is 4.74 Å². The lowest BCUT2D eigenvalue weighted by Crippen LogP contribution is -2.19. The number of hydrogen-bond acceptors (Lipinski definition) is 4. The molecule has 2 fully saturated rings. The number of ether oxygens (including phenoxy) is 1. The van der Waals surface area contributed by atoms with Crippen molar-refractivity contribution in [3.05, 3.63) is 34.2 Å². The first kappa shape index (κ1) is 17.1. The molecule has 1 aromatic carbocycles. The van der Waals surface area contributed by atoms with Gasteiger partial charge in [-0.15, -0.1) is 0 Å². The first-order valence-corrected chi connectivity index (χ1v) is 9.31. The lowest BCUT2D eigenvalue weighted by atomic mass is 9.83. The van der Waals surface area contributed by atoms with E-state index in [1.165, 1.54) is 25.7 Å². The Morgan fingerprint density at radius 3 is 2.62 bits per heavy atom. The summed E-state index contributed by atoms with van der Waals surface area (Å²) in [7, 11) is 0. The molecule has 1 saturated carbocycles. The third kappa shape index (κ3) is 4.20. The lowest BCUT2D eigenvalue weighted by Gasteiger charge is -2.26. The van der Waals surface area contributed by atoms with Crippen LogP contribution in [0.15, 0.2) is 23.1 Å². The van der Waals surface area contributed by atoms with Gasteiger partial charge in [-0.2, -0.15) is 0 Å². The number of aryl methyl sites for hydroxylation is 1. The standard InChI is InChI=1S/C19H23NO3S/c1-12-3-5-14(6-4-12)11-23-16-8-7-15(9-13(16)2)10-17-18(21)20-19(22)24-17/h7-10,12,14H,3-6,11H2,1-2H3,(H,20,21,22)/b17-10-. The largest absolute Gasteiger partial charge is 0.493 e. The predicted molar refractivity (Wildman–Crippen MR) is 96.9 cm³/mol. The van der Waals surface area contributed by atoms with Crippen molar-refractivity contribution in [1.82, 2.24) is 5.32 Å². The van der Waals surface area contributed by atoms with Gasteiger partial charge in [0.05, 0.1) is 11.5 Å². The molecular weight excluding hydrogens is 322 g/mol. The molecule has 0 atom stereocenters. The van der Waals surface area contributed by atoms with Gasteiger partial charge in [0.2, 0.25) is 0 Å². The fourth-order valence-corrected chi connectivity index (χ4v) is 3.88. The monoisotopic (exact) mass is 345 g/mol. The normalized spacial score (nSPS) is 25.8. The maximum atomic E-state index is 11.6. The molecule has 1 aliphatic heterocycles. The molecule has 0 unspecified atom stereocenters. The summed E-state index contributed by atoms with van der Waals surface area (Å²) in [5.41, 5.74) is 1.95. The Morgan fingerprint density at radius 1 is 1.25 bits per heavy atom. The molecule has 128 valence electrons. The molecule has 4 nitrogen and oxygen atoms in total. The Morgan fingerprint density at radius 2 is 2.00 bits per heavy atom. The minimum absolute atomic E-state index is 0.315. The molecular formula is C19H23NO3S. The predicted octanol–water partition coefficient (Wildman–Crippen LogP) is 4.52. The zero-order valence-corrected chi connectivity index (χ0v) is 14.9. The Kier molecular flexibility index (Phi) is 5.29. The van der Waals surface area contributed by atoms with Crippen molar-refractivity contribution < 1.29 is 14.3 Å². The maximum absolute atomic E-state index is 11.6. The fraction of sp³-hybridized carbons (Fsp3) is 0.474. The average Bonchev–Trinajstić information content (AvgIpc) is 2.86. The SMILES string of the molecule is Cc1cc(/C=C2\SC(=O)NC2=O)ccc1OCC1CCC(C)CC1. The average molecular weight is 345 g/mol. The van der Waals surface area contributed by atoms with Crippen LogP contribution in [0.3, 0.4) is 0 Å². The summed E-state index contributed by atoms with van der Waals surface area (Å²) in [6, 6.07) is 5.86. The zero-order valence-electron chi connectivity index (χ0n) is 14.1. The van der Waals surface area contributed by atoms with Gasteiger partial charge in [-0.25, -0.2) is 0 Å². The van der Waals surface area contributed by atoms with Crippen LogP contribution in [0, 0.1) is 18.8 Å². The number of hydrogen-bond donors (Lipinski definition) is 1. The topological polar surface area (TPSA) is 55.4 Å². The van der Waals surface area contributed by atoms with Crippen LogP contribution in [0.2, 0.25) is 0 Å². The van der Waals surface area contributed by atoms with Gasteiger partial charge in [0.1, 0.15) is 5.75 Å². The summed E-state index contributed by atoms with van der Waals surface area (Å²) in [5.74, 6) is 2.09. The summed E-state index contributed by atoms with van der Waals surface area (Å²) >= 11 is 0.938. The number of rotatable bonds is 4. The fourth-order valence-electron chi connectivity index (χ4n) is 3.20. The molecule has 1 aliphatic carbocycles. The van der Waals surface area contributed by atoms with E-state index in [0.29, 0.717) is 10.8 Å². The van der Waals surface area contributed by atoms with Gasteiger partial charge >= 0.3 is 0 Å². The first-order valence-electron chi connectivity index (χ1n) is 8.49. The van der Waals surface area contributed by atoms with Crippen LogP contribution < -0.4 is 10.1 Å². The first-order chi connectivity index (χ1) is 11.5. The molecule has 0 bridgehead atoms. The summed E-state index contributed by atoms with van der Waals surface area (Å²) in [5, 5.41) is 1.95. The van der Waals surface area contributed by atoms with E-state index in [9.17, 15) is 9.59 Å². The Bertz CT molecular complexity index is 675. The second-order valence-electron chi connectivity index (χ2n) is 6.81. The molecule has 0 aromatic heterocycles. The highest BCUT2D eigenvalue weighted by Crippen LogP contribution is 2.30. The highest BCUT2D eigenvalue weighted by molar-refractivity contribution is 8.18. The smallest absolute Gasteiger partial charge is 0.290 e. The molecule has 2 amide bonds. The highest BCUT2D eigenvalue weighted by Gasteiger charge is 2.25. The minimum Gasteiger partial charge on any atom is -0.493 e. The third-order valence-corrected chi connectivity index (χ3v) is 5.56. The van der Waals surface area contributed by atoms with E-state index in [4.69, 9.17) is 4.74 Å². The Balaban J connectivity index is 1.61. The molecule has 1 N–H and O–H groups in total. The number of thioether (sulfide) groups is 1. The lowest BCUT2D eigenvalue weighted by molar-refractivity contribution is -0.115. The molecule has 2 aliphatic rings. The molecule has 1 saturated heterocycles. The van der Waals surface area contributed by atoms with Crippen molar-refractivity contribution in [3.8, 4) is 5.75 Å². The van der Waals surface area contributed by atoms with Gasteiger partial charge in [0.15, 0.2) is 0 Å². The third-order valence-electron chi connectivity index (χ3n) is 4.75. The van der Waals surface area contributed by atoms with Crippen LogP contribution in [-0.2, 0) is 4.79 Å². The zero-order chi connectivity index (χ0) is 17.1. The van der Waals surface area contributed by atoms with Crippen molar-refractivity contribution in [3.63, 3.8) is 0 Å². The van der Waals surface area contributed by atoms with Crippen molar-refractivity contribution in [2.45, 2.75) is 39.5 Å². The van der Waals surface area contributed by atoms with E-state index in [1.54, 1.807) is 6.08 Å². The second kappa shape index (κ2) is 7.43. The van der Waals surface area contributed by atoms with E-state index in [2.05, 4.69) is 12.2 Å². The van der Waals surface area contributed by atoms with E-state index < -0.39 is 0 Å². The van der Waals surface area contributed by atoms with Gasteiger partial charge in [-0.3, -0.25) is 14.9 Å². The van der Waals surface area contributed by atoms with E-state index >= 15 is 0 Å². The van der Waals surface area contributed by atoms with Crippen LogP contribution in [0.25, 0.3) is 6.08 Å². The highest BCUT2D eigenvalue weighted by atomic mass is 32.2. The van der Waals surface area contributed by atoms with Crippen LogP contribution in [-0.4, -0.2) is 17.8 Å². The summed E-state index contributed by atoms with van der Waals surface area (Å²) in [4.78, 5) is 23.2. The number of benzene rings is 1. The molecule has 0 spiro atoms. The van der Waals surface area contributed by atoms with E-state index in [-0.39, 0.29) is 11.1 Å². The summed E-state index contributed by atoms with van der Waals surface area (Å²) in [6.07, 6.45) is 6.86. The quantitative estimate of drug-likeness (QED) is 0.815. The van der Waals surface area contributed by atoms with Crippen LogP contribution in [0.1, 0.15) is 43.7 Å². The Hall–Kier alpha value is -1.75. The van der Waals surface area contributed by atoms with Crippen molar-refractivity contribution in [2.24, 2.45) is 11.8 Å². The number of carbonyl (C=O) groups is 2. The molecule has 5 heteroatoms. The number of carbonyl (C=O) groups excluding carboxylic acids is 2. The van der Waals surface area contributed by atoms with Gasteiger partial charge in [0, 0.05) is 0 Å². The van der Waals surface area contributed by atoms with Crippen LogP contribution >= 0.6 is 11.8 Å². The van der Waals surface area contributed by atoms with E-state index in [0.717, 1.165) is 41.2 Å². The number of amides is 2. The van der Waals surface area contributed by atoms with E-state index in [1.807, 2.05) is 25.1 Å². The Labute approximate surface area is 147 Å². The van der Waals surface area contributed by atoms with Crippen LogP contribution in [0.5, 0.6) is 5.75 Å². The maximum Gasteiger partial charge on any atom is 0.290 e. The molecule has 1 heterocycles. The number of imide groups is 1. The second-order valence-corrected chi connectivity index (χ2v) is 7.83. The summed E-state index contributed by atoms with van der Waals surface area (Å²) in [6.45, 7) is 5.11. The minimum atomic E-state index is -0.325. The van der Waals surface area contributed by atoms with Crippen molar-refractivity contribution >= 4 is 29.0 Å². The number of nitrogens with one attached hydrogen (secondary N) is 1. The van der Waals surface area contributed by atoms with Crippen molar-refractivity contribution in [2.75, 3.05) is 6.61 Å². The molecule has 0 radical (unpaired) electrons.